The lowest BCUT2D eigenvalue weighted by atomic mass is 10.2. The molecule has 124 valence electrons. The van der Waals surface area contributed by atoms with Gasteiger partial charge in [-0.1, -0.05) is 40.6 Å². The zero-order valence-corrected chi connectivity index (χ0v) is 15.1. The summed E-state index contributed by atoms with van der Waals surface area (Å²) < 4.78 is 27.1. The Morgan fingerprint density at radius 3 is 2.33 bits per heavy atom. The van der Waals surface area contributed by atoms with Gasteiger partial charge in [-0.15, -0.1) is 5.10 Å². The molecule has 0 amide bonds. The third-order valence-corrected chi connectivity index (χ3v) is 6.09. The monoisotopic (exact) mass is 361 g/mol. The molecule has 0 aliphatic rings. The minimum absolute atomic E-state index is 0.0503. The number of hydrogen-bond donors (Lipinski definition) is 0. The van der Waals surface area contributed by atoms with E-state index in [2.05, 4.69) is 10.3 Å². The number of halogens is 1. The van der Waals surface area contributed by atoms with Crippen LogP contribution in [0.25, 0.3) is 5.69 Å². The van der Waals surface area contributed by atoms with Crippen molar-refractivity contribution in [1.29, 1.82) is 0 Å². The predicted octanol–water partition coefficient (Wildman–Crippen LogP) is 3.68. The summed E-state index contributed by atoms with van der Waals surface area (Å²) in [6.07, 6.45) is 0. The van der Waals surface area contributed by atoms with Gasteiger partial charge in [-0.2, -0.15) is 0 Å². The molecule has 0 aliphatic heterocycles. The number of rotatable bonds is 3. The van der Waals surface area contributed by atoms with E-state index < -0.39 is 9.84 Å². The second kappa shape index (κ2) is 6.03. The van der Waals surface area contributed by atoms with Crippen molar-refractivity contribution in [3.8, 4) is 5.69 Å². The molecule has 0 fully saturated rings. The summed E-state index contributed by atoms with van der Waals surface area (Å²) in [4.78, 5) is 0.200. The highest BCUT2D eigenvalue weighted by Gasteiger charge is 2.26. The van der Waals surface area contributed by atoms with E-state index in [0.717, 1.165) is 11.1 Å². The van der Waals surface area contributed by atoms with Gasteiger partial charge in [0.05, 0.1) is 16.3 Å². The molecule has 0 aliphatic carbocycles. The average Bonchev–Trinajstić information content (AvgIpc) is 2.93. The fourth-order valence-corrected chi connectivity index (χ4v) is 3.95. The number of nitrogens with zero attached hydrogens (tertiary/aromatic N) is 3. The highest BCUT2D eigenvalue weighted by atomic mass is 35.5. The van der Waals surface area contributed by atoms with Crippen LogP contribution in [0.3, 0.4) is 0 Å². The van der Waals surface area contributed by atoms with Gasteiger partial charge in [0.1, 0.15) is 0 Å². The maximum atomic E-state index is 12.8. The molecule has 24 heavy (non-hydrogen) atoms. The van der Waals surface area contributed by atoms with Gasteiger partial charge < -0.3 is 0 Å². The Morgan fingerprint density at radius 1 is 1.00 bits per heavy atom. The first-order valence-corrected chi connectivity index (χ1v) is 9.18. The molecule has 0 saturated heterocycles. The van der Waals surface area contributed by atoms with Crippen LogP contribution in [-0.2, 0) is 9.84 Å². The summed E-state index contributed by atoms with van der Waals surface area (Å²) in [5.41, 5.74) is 2.95. The third-order valence-electron chi connectivity index (χ3n) is 3.91. The Labute approximate surface area is 145 Å². The molecule has 0 radical (unpaired) electrons. The Morgan fingerprint density at radius 2 is 1.67 bits per heavy atom. The van der Waals surface area contributed by atoms with Gasteiger partial charge >= 0.3 is 0 Å². The van der Waals surface area contributed by atoms with Gasteiger partial charge in [-0.3, -0.25) is 0 Å². The lowest BCUT2D eigenvalue weighted by molar-refractivity contribution is 0.591. The molecule has 2 aromatic carbocycles. The Balaban J connectivity index is 2.13. The number of benzene rings is 2. The van der Waals surface area contributed by atoms with Gasteiger partial charge in [0, 0.05) is 5.02 Å². The molecule has 5 nitrogen and oxygen atoms in total. The van der Waals surface area contributed by atoms with Gasteiger partial charge in [0.25, 0.3) is 0 Å². The fourth-order valence-electron chi connectivity index (χ4n) is 2.45. The number of aromatic nitrogens is 3. The first kappa shape index (κ1) is 16.7. The fraction of sp³-hybridized carbons (Fsp3) is 0.176. The summed E-state index contributed by atoms with van der Waals surface area (Å²) in [6, 6.07) is 12.1. The molecule has 0 unspecified atom stereocenters. The van der Waals surface area contributed by atoms with Gasteiger partial charge in [-0.05, 0) is 50.6 Å². The van der Waals surface area contributed by atoms with E-state index in [1.54, 1.807) is 43.3 Å². The van der Waals surface area contributed by atoms with E-state index in [-0.39, 0.29) is 9.92 Å². The minimum atomic E-state index is -3.72. The molecule has 1 aromatic heterocycles. The maximum Gasteiger partial charge on any atom is 0.227 e. The van der Waals surface area contributed by atoms with Gasteiger partial charge in [-0.25, -0.2) is 13.1 Å². The molecule has 0 atom stereocenters. The summed E-state index contributed by atoms with van der Waals surface area (Å²) >= 11 is 6.14. The molecule has 0 N–H and O–H groups in total. The van der Waals surface area contributed by atoms with Crippen molar-refractivity contribution in [3.63, 3.8) is 0 Å². The van der Waals surface area contributed by atoms with E-state index in [1.165, 1.54) is 4.68 Å². The van der Waals surface area contributed by atoms with Gasteiger partial charge in [0.2, 0.25) is 14.9 Å². The normalized spacial score (nSPS) is 11.7. The van der Waals surface area contributed by atoms with Crippen LogP contribution in [0, 0.1) is 20.8 Å². The van der Waals surface area contributed by atoms with Crippen LogP contribution in [0.4, 0.5) is 0 Å². The topological polar surface area (TPSA) is 64.8 Å². The summed E-state index contributed by atoms with van der Waals surface area (Å²) in [5.74, 6) is 0. The summed E-state index contributed by atoms with van der Waals surface area (Å²) in [6.45, 7) is 5.44. The first-order chi connectivity index (χ1) is 11.3. The molecule has 1 heterocycles. The largest absolute Gasteiger partial charge is 0.227 e. The van der Waals surface area contributed by atoms with Crippen molar-refractivity contribution in [2.75, 3.05) is 0 Å². The third kappa shape index (κ3) is 2.72. The van der Waals surface area contributed by atoms with Crippen molar-refractivity contribution < 1.29 is 8.42 Å². The van der Waals surface area contributed by atoms with E-state index in [4.69, 9.17) is 11.6 Å². The Bertz CT molecular complexity index is 1010. The van der Waals surface area contributed by atoms with Crippen molar-refractivity contribution in [2.24, 2.45) is 0 Å². The lowest BCUT2D eigenvalue weighted by Crippen LogP contribution is -2.06. The van der Waals surface area contributed by atoms with Crippen LogP contribution < -0.4 is 0 Å². The maximum absolute atomic E-state index is 12.8. The summed E-state index contributed by atoms with van der Waals surface area (Å²) in [5, 5.41) is 8.48. The number of hydrogen-bond acceptors (Lipinski definition) is 4. The van der Waals surface area contributed by atoms with Crippen LogP contribution in [-0.4, -0.2) is 23.4 Å². The molecule has 7 heteroatoms. The zero-order valence-electron chi connectivity index (χ0n) is 13.5. The van der Waals surface area contributed by atoms with Crippen molar-refractivity contribution in [1.82, 2.24) is 15.0 Å². The minimum Gasteiger partial charge on any atom is -0.217 e. The van der Waals surface area contributed by atoms with Crippen LogP contribution in [0.15, 0.2) is 52.4 Å². The molecular weight excluding hydrogens is 346 g/mol. The van der Waals surface area contributed by atoms with Crippen molar-refractivity contribution in [2.45, 2.75) is 30.7 Å². The van der Waals surface area contributed by atoms with Crippen LogP contribution in [0.5, 0.6) is 0 Å². The van der Waals surface area contributed by atoms with E-state index >= 15 is 0 Å². The second-order valence-electron chi connectivity index (χ2n) is 5.59. The van der Waals surface area contributed by atoms with E-state index in [9.17, 15) is 8.42 Å². The standard InChI is InChI=1S/C17H16ClN3O2S/c1-11-7-9-14(10-8-11)24(22,23)17-13(3)21(20-19-17)16-6-4-5-15(18)12(16)2/h4-10H,1-3H3. The second-order valence-corrected chi connectivity index (χ2v) is 7.86. The molecule has 3 rings (SSSR count). The molecule has 0 bridgehead atoms. The molecular formula is C17H16ClN3O2S. The van der Waals surface area contributed by atoms with Crippen LogP contribution in [0.2, 0.25) is 5.02 Å². The number of aryl methyl sites for hydroxylation is 1. The van der Waals surface area contributed by atoms with Crippen molar-refractivity contribution in [3.05, 3.63) is 64.3 Å². The SMILES string of the molecule is Cc1ccc(S(=O)(=O)c2nnn(-c3cccc(Cl)c3C)c2C)cc1. The first-order valence-electron chi connectivity index (χ1n) is 7.32. The summed E-state index contributed by atoms with van der Waals surface area (Å²) in [7, 11) is -3.72. The smallest absolute Gasteiger partial charge is 0.217 e. The number of sulfone groups is 1. The highest BCUT2D eigenvalue weighted by molar-refractivity contribution is 7.91. The van der Waals surface area contributed by atoms with E-state index in [0.29, 0.717) is 16.4 Å². The predicted molar refractivity (Wildman–Crippen MR) is 92.5 cm³/mol. The van der Waals surface area contributed by atoms with Gasteiger partial charge in [0.15, 0.2) is 0 Å². The Hall–Kier alpha value is -2.18. The molecule has 0 saturated carbocycles. The van der Waals surface area contributed by atoms with E-state index in [1.807, 2.05) is 19.9 Å². The molecule has 3 aromatic rings. The van der Waals surface area contributed by atoms with Crippen LogP contribution >= 0.6 is 11.6 Å². The quantitative estimate of drug-likeness (QED) is 0.713. The van der Waals surface area contributed by atoms with Crippen LogP contribution in [0.1, 0.15) is 16.8 Å². The zero-order chi connectivity index (χ0) is 17.5. The van der Waals surface area contributed by atoms with Crippen molar-refractivity contribution >= 4 is 21.4 Å². The lowest BCUT2D eigenvalue weighted by Gasteiger charge is -2.09. The Kier molecular flexibility index (Phi) is 4.19. The average molecular weight is 362 g/mol. The molecule has 0 spiro atoms. The highest BCUT2D eigenvalue weighted by Crippen LogP contribution is 2.26.